The maximum absolute atomic E-state index is 11.9. The maximum Gasteiger partial charge on any atom is 0.231 e. The molecule has 0 aromatic heterocycles. The summed E-state index contributed by atoms with van der Waals surface area (Å²) >= 11 is 0. The standard InChI is InChI=1S/C11H18N4O2/c1-11(2)4-8(16)15(10(13)14-11)5-6-3-7(6)9(12)17/h6-7H,3-5H2,1-2H3,(H2,12,17)(H2,13,14). The van der Waals surface area contributed by atoms with Gasteiger partial charge in [-0.2, -0.15) is 0 Å². The van der Waals surface area contributed by atoms with Gasteiger partial charge >= 0.3 is 0 Å². The van der Waals surface area contributed by atoms with Gasteiger partial charge in [0.25, 0.3) is 0 Å². The van der Waals surface area contributed by atoms with Crippen molar-refractivity contribution in [1.29, 1.82) is 0 Å². The lowest BCUT2D eigenvalue weighted by Gasteiger charge is -2.32. The van der Waals surface area contributed by atoms with E-state index in [2.05, 4.69) is 4.99 Å². The van der Waals surface area contributed by atoms with E-state index in [1.54, 1.807) is 0 Å². The third kappa shape index (κ3) is 2.40. The number of amides is 2. The summed E-state index contributed by atoms with van der Waals surface area (Å²) in [5, 5.41) is 0. The van der Waals surface area contributed by atoms with Crippen LogP contribution in [0.25, 0.3) is 0 Å². The molecule has 1 aliphatic carbocycles. The van der Waals surface area contributed by atoms with E-state index in [1.807, 2.05) is 13.8 Å². The predicted molar refractivity (Wildman–Crippen MR) is 62.8 cm³/mol. The van der Waals surface area contributed by atoms with Gasteiger partial charge in [-0.25, -0.2) is 4.99 Å². The molecule has 6 nitrogen and oxygen atoms in total. The smallest absolute Gasteiger partial charge is 0.231 e. The number of nitrogens with two attached hydrogens (primary N) is 2. The number of carbonyl (C=O) groups excluding carboxylic acids is 2. The topological polar surface area (TPSA) is 102 Å². The van der Waals surface area contributed by atoms with E-state index in [0.717, 1.165) is 6.42 Å². The number of guanidine groups is 1. The maximum atomic E-state index is 11.9. The zero-order chi connectivity index (χ0) is 12.8. The fourth-order valence-corrected chi connectivity index (χ4v) is 2.23. The Bertz CT molecular complexity index is 402. The van der Waals surface area contributed by atoms with Crippen molar-refractivity contribution in [2.24, 2.45) is 28.3 Å². The number of nitrogens with zero attached hydrogens (tertiary/aromatic N) is 2. The first-order valence-electron chi connectivity index (χ1n) is 5.75. The van der Waals surface area contributed by atoms with Crippen molar-refractivity contribution in [3.8, 4) is 0 Å². The SMILES string of the molecule is CC1(C)CC(=O)N(CC2CC2C(N)=O)C(N)=N1. The Morgan fingerprint density at radius 2 is 2.24 bits per heavy atom. The fourth-order valence-electron chi connectivity index (χ4n) is 2.23. The normalized spacial score (nSPS) is 31.1. The molecule has 17 heavy (non-hydrogen) atoms. The molecule has 1 fully saturated rings. The fraction of sp³-hybridized carbons (Fsp3) is 0.727. The van der Waals surface area contributed by atoms with E-state index >= 15 is 0 Å². The molecular weight excluding hydrogens is 220 g/mol. The Morgan fingerprint density at radius 3 is 2.71 bits per heavy atom. The molecule has 4 N–H and O–H groups in total. The third-order valence-corrected chi connectivity index (χ3v) is 3.28. The summed E-state index contributed by atoms with van der Waals surface area (Å²) < 4.78 is 0. The van der Waals surface area contributed by atoms with Crippen LogP contribution in [-0.4, -0.2) is 34.8 Å². The van der Waals surface area contributed by atoms with Gasteiger partial charge in [0, 0.05) is 12.5 Å². The minimum atomic E-state index is -0.426. The molecule has 2 aliphatic rings. The molecule has 6 heteroatoms. The summed E-state index contributed by atoms with van der Waals surface area (Å²) in [4.78, 5) is 28.6. The Balaban J connectivity index is 2.03. The second-order valence-corrected chi connectivity index (χ2v) is 5.47. The van der Waals surface area contributed by atoms with Crippen LogP contribution in [0.4, 0.5) is 0 Å². The quantitative estimate of drug-likeness (QED) is 0.688. The number of hydrogen-bond acceptors (Lipinski definition) is 4. The lowest BCUT2D eigenvalue weighted by atomic mass is 9.99. The minimum Gasteiger partial charge on any atom is -0.369 e. The Kier molecular flexibility index (Phi) is 2.60. The molecule has 2 atom stereocenters. The van der Waals surface area contributed by atoms with Gasteiger partial charge in [-0.15, -0.1) is 0 Å². The Morgan fingerprint density at radius 1 is 1.59 bits per heavy atom. The van der Waals surface area contributed by atoms with E-state index in [0.29, 0.717) is 13.0 Å². The molecule has 2 rings (SSSR count). The lowest BCUT2D eigenvalue weighted by Crippen LogP contribution is -2.50. The summed E-state index contributed by atoms with van der Waals surface area (Å²) in [6, 6.07) is 0. The number of primary amides is 1. The van der Waals surface area contributed by atoms with Crippen molar-refractivity contribution >= 4 is 17.8 Å². The summed E-state index contributed by atoms with van der Waals surface area (Å²) in [5.41, 5.74) is 10.6. The van der Waals surface area contributed by atoms with Gasteiger partial charge in [-0.3, -0.25) is 14.5 Å². The number of hydrogen-bond donors (Lipinski definition) is 2. The average molecular weight is 238 g/mol. The highest BCUT2D eigenvalue weighted by atomic mass is 16.2. The minimum absolute atomic E-state index is 0.0300. The number of rotatable bonds is 3. The molecule has 0 aromatic rings. The second-order valence-electron chi connectivity index (χ2n) is 5.47. The van der Waals surface area contributed by atoms with Crippen LogP contribution < -0.4 is 11.5 Å². The molecule has 0 bridgehead atoms. The van der Waals surface area contributed by atoms with Gasteiger partial charge in [0.1, 0.15) is 0 Å². The molecule has 0 spiro atoms. The van der Waals surface area contributed by atoms with Gasteiger partial charge in [0.2, 0.25) is 11.8 Å². The molecular formula is C11H18N4O2. The highest BCUT2D eigenvalue weighted by Gasteiger charge is 2.45. The Hall–Kier alpha value is -1.59. The van der Waals surface area contributed by atoms with Crippen molar-refractivity contribution < 1.29 is 9.59 Å². The van der Waals surface area contributed by atoms with Gasteiger partial charge in [-0.1, -0.05) is 0 Å². The van der Waals surface area contributed by atoms with E-state index in [9.17, 15) is 9.59 Å². The van der Waals surface area contributed by atoms with Crippen LogP contribution in [0, 0.1) is 11.8 Å². The Labute approximate surface area is 100 Å². The summed E-state index contributed by atoms with van der Waals surface area (Å²) in [5.74, 6) is -0.0359. The van der Waals surface area contributed by atoms with Crippen LogP contribution in [0.1, 0.15) is 26.7 Å². The van der Waals surface area contributed by atoms with Crippen molar-refractivity contribution in [3.63, 3.8) is 0 Å². The highest BCUT2D eigenvalue weighted by Crippen LogP contribution is 2.39. The van der Waals surface area contributed by atoms with E-state index in [1.165, 1.54) is 4.90 Å². The van der Waals surface area contributed by atoms with E-state index in [4.69, 9.17) is 11.5 Å². The number of carbonyl (C=O) groups is 2. The van der Waals surface area contributed by atoms with Gasteiger partial charge in [0.05, 0.1) is 12.0 Å². The van der Waals surface area contributed by atoms with Crippen LogP contribution in [0.5, 0.6) is 0 Å². The van der Waals surface area contributed by atoms with Crippen molar-refractivity contribution in [2.45, 2.75) is 32.2 Å². The lowest BCUT2D eigenvalue weighted by molar-refractivity contribution is -0.129. The second kappa shape index (κ2) is 3.72. The summed E-state index contributed by atoms with van der Waals surface area (Å²) in [6.45, 7) is 4.20. The van der Waals surface area contributed by atoms with Crippen molar-refractivity contribution in [1.82, 2.24) is 4.90 Å². The van der Waals surface area contributed by atoms with Gasteiger partial charge in [0.15, 0.2) is 5.96 Å². The molecule has 0 saturated heterocycles. The van der Waals surface area contributed by atoms with E-state index in [-0.39, 0.29) is 29.6 Å². The summed E-state index contributed by atoms with van der Waals surface area (Å²) in [6.07, 6.45) is 1.09. The molecule has 94 valence electrons. The molecule has 1 heterocycles. The predicted octanol–water partition coefficient (Wildman–Crippen LogP) is -0.567. The van der Waals surface area contributed by atoms with Crippen LogP contribution >= 0.6 is 0 Å². The van der Waals surface area contributed by atoms with Gasteiger partial charge < -0.3 is 11.5 Å². The zero-order valence-corrected chi connectivity index (χ0v) is 10.1. The molecule has 2 amide bonds. The van der Waals surface area contributed by atoms with Crippen molar-refractivity contribution in [2.75, 3.05) is 6.54 Å². The first-order chi connectivity index (χ1) is 7.80. The third-order valence-electron chi connectivity index (χ3n) is 3.28. The molecule has 2 unspecified atom stereocenters. The summed E-state index contributed by atoms with van der Waals surface area (Å²) in [7, 11) is 0. The monoisotopic (exact) mass is 238 g/mol. The molecule has 0 radical (unpaired) electrons. The van der Waals surface area contributed by atoms with Crippen LogP contribution in [-0.2, 0) is 9.59 Å². The number of aliphatic imine (C=N–C) groups is 1. The molecule has 0 aromatic carbocycles. The first kappa shape index (κ1) is 11.9. The van der Waals surface area contributed by atoms with E-state index < -0.39 is 5.54 Å². The zero-order valence-electron chi connectivity index (χ0n) is 10.1. The van der Waals surface area contributed by atoms with Gasteiger partial charge in [-0.05, 0) is 26.2 Å². The largest absolute Gasteiger partial charge is 0.369 e. The first-order valence-corrected chi connectivity index (χ1v) is 5.75. The van der Waals surface area contributed by atoms with Crippen LogP contribution in [0.15, 0.2) is 4.99 Å². The average Bonchev–Trinajstić information content (AvgIpc) is 2.88. The van der Waals surface area contributed by atoms with Crippen LogP contribution in [0.2, 0.25) is 0 Å². The molecule has 1 saturated carbocycles. The molecule has 1 aliphatic heterocycles. The highest BCUT2D eigenvalue weighted by molar-refractivity contribution is 5.99. The van der Waals surface area contributed by atoms with Crippen molar-refractivity contribution in [3.05, 3.63) is 0 Å². The van der Waals surface area contributed by atoms with Crippen LogP contribution in [0.3, 0.4) is 0 Å².